The Balaban J connectivity index is 3.19. The lowest BCUT2D eigenvalue weighted by molar-refractivity contribution is 0.0697. The van der Waals surface area contributed by atoms with Crippen molar-refractivity contribution >= 4 is 27.6 Å². The SMILES string of the molecule is CCCCN(c1cc(Br)ccc1C(=O)O)C(C)CC. The molecule has 0 amide bonds. The summed E-state index contributed by atoms with van der Waals surface area (Å²) in [6.45, 7) is 7.31. The number of anilines is 1. The zero-order chi connectivity index (χ0) is 14.4. The highest BCUT2D eigenvalue weighted by Gasteiger charge is 2.19. The van der Waals surface area contributed by atoms with Crippen molar-refractivity contribution in [3.05, 3.63) is 28.2 Å². The van der Waals surface area contributed by atoms with E-state index >= 15 is 0 Å². The Bertz CT molecular complexity index is 434. The van der Waals surface area contributed by atoms with E-state index in [2.05, 4.69) is 41.6 Å². The lowest BCUT2D eigenvalue weighted by Gasteiger charge is -2.32. The molecule has 0 aliphatic rings. The number of hydrogen-bond donors (Lipinski definition) is 1. The molecule has 3 nitrogen and oxygen atoms in total. The van der Waals surface area contributed by atoms with Gasteiger partial charge in [0, 0.05) is 17.1 Å². The van der Waals surface area contributed by atoms with Crippen LogP contribution in [0.1, 0.15) is 50.4 Å². The molecule has 0 spiro atoms. The van der Waals surface area contributed by atoms with Crippen LogP contribution in [-0.4, -0.2) is 23.7 Å². The average Bonchev–Trinajstić information content (AvgIpc) is 2.38. The Morgan fingerprint density at radius 1 is 1.42 bits per heavy atom. The van der Waals surface area contributed by atoms with Crippen molar-refractivity contribution in [3.63, 3.8) is 0 Å². The molecule has 1 rings (SSSR count). The van der Waals surface area contributed by atoms with Gasteiger partial charge < -0.3 is 10.0 Å². The molecule has 0 radical (unpaired) electrons. The highest BCUT2D eigenvalue weighted by atomic mass is 79.9. The molecular weight excluding hydrogens is 306 g/mol. The molecule has 19 heavy (non-hydrogen) atoms. The first-order chi connectivity index (χ1) is 9.01. The number of halogens is 1. The summed E-state index contributed by atoms with van der Waals surface area (Å²) in [7, 11) is 0. The number of carboxylic acids is 1. The first-order valence-electron chi connectivity index (χ1n) is 6.80. The minimum Gasteiger partial charge on any atom is -0.478 e. The Hall–Kier alpha value is -1.03. The van der Waals surface area contributed by atoms with Gasteiger partial charge in [0.2, 0.25) is 0 Å². The second kappa shape index (κ2) is 7.53. The number of nitrogens with zero attached hydrogens (tertiary/aromatic N) is 1. The van der Waals surface area contributed by atoms with Crippen LogP contribution in [0.5, 0.6) is 0 Å². The van der Waals surface area contributed by atoms with E-state index in [4.69, 9.17) is 0 Å². The van der Waals surface area contributed by atoms with E-state index in [1.54, 1.807) is 12.1 Å². The predicted molar refractivity (Wildman–Crippen MR) is 83.1 cm³/mol. The molecule has 1 aromatic carbocycles. The van der Waals surface area contributed by atoms with Crippen molar-refractivity contribution in [2.24, 2.45) is 0 Å². The molecule has 1 unspecified atom stereocenters. The zero-order valence-corrected chi connectivity index (χ0v) is 13.4. The van der Waals surface area contributed by atoms with E-state index in [1.165, 1.54) is 0 Å². The molecular formula is C15H22BrNO2. The van der Waals surface area contributed by atoms with Gasteiger partial charge in [-0.2, -0.15) is 0 Å². The number of aromatic carboxylic acids is 1. The van der Waals surface area contributed by atoms with Gasteiger partial charge in [0.25, 0.3) is 0 Å². The minimum absolute atomic E-state index is 0.332. The third kappa shape index (κ3) is 4.23. The lowest BCUT2D eigenvalue weighted by atomic mass is 10.1. The van der Waals surface area contributed by atoms with Gasteiger partial charge in [0.15, 0.2) is 0 Å². The number of unbranched alkanes of at least 4 members (excludes halogenated alkanes) is 1. The number of rotatable bonds is 7. The van der Waals surface area contributed by atoms with Crippen molar-refractivity contribution < 1.29 is 9.90 Å². The maximum absolute atomic E-state index is 11.4. The summed E-state index contributed by atoms with van der Waals surface area (Å²) in [6, 6.07) is 5.69. The molecule has 0 heterocycles. The topological polar surface area (TPSA) is 40.5 Å². The molecule has 0 aliphatic carbocycles. The van der Waals surface area contributed by atoms with Crippen LogP contribution in [0.15, 0.2) is 22.7 Å². The number of carboxylic acid groups (broad SMARTS) is 1. The third-order valence-electron chi connectivity index (χ3n) is 3.38. The Morgan fingerprint density at radius 2 is 2.11 bits per heavy atom. The minimum atomic E-state index is -0.868. The molecule has 106 valence electrons. The van der Waals surface area contributed by atoms with Gasteiger partial charge in [0.05, 0.1) is 11.3 Å². The number of hydrogen-bond acceptors (Lipinski definition) is 2. The first kappa shape index (κ1) is 16.0. The highest BCUT2D eigenvalue weighted by molar-refractivity contribution is 9.10. The second-order valence-corrected chi connectivity index (χ2v) is 5.69. The second-order valence-electron chi connectivity index (χ2n) is 4.77. The summed E-state index contributed by atoms with van der Waals surface area (Å²) in [4.78, 5) is 13.6. The van der Waals surface area contributed by atoms with E-state index in [-0.39, 0.29) is 0 Å². The van der Waals surface area contributed by atoms with Crippen molar-refractivity contribution in [1.29, 1.82) is 0 Å². The summed E-state index contributed by atoms with van der Waals surface area (Å²) < 4.78 is 0.914. The van der Waals surface area contributed by atoms with Gasteiger partial charge in [-0.15, -0.1) is 0 Å². The molecule has 1 aromatic rings. The fraction of sp³-hybridized carbons (Fsp3) is 0.533. The first-order valence-corrected chi connectivity index (χ1v) is 7.60. The Kier molecular flexibility index (Phi) is 6.35. The fourth-order valence-electron chi connectivity index (χ4n) is 2.05. The Labute approximate surface area is 123 Å². The van der Waals surface area contributed by atoms with Crippen molar-refractivity contribution in [2.75, 3.05) is 11.4 Å². The standard InChI is InChI=1S/C15H22BrNO2/c1-4-6-9-17(11(3)5-2)14-10-12(16)7-8-13(14)15(18)19/h7-8,10-11H,4-6,9H2,1-3H3,(H,18,19). The Morgan fingerprint density at radius 3 is 2.63 bits per heavy atom. The van der Waals surface area contributed by atoms with Crippen LogP contribution in [-0.2, 0) is 0 Å². The molecule has 1 atom stereocenters. The van der Waals surface area contributed by atoms with Gasteiger partial charge >= 0.3 is 5.97 Å². The van der Waals surface area contributed by atoms with Crippen LogP contribution >= 0.6 is 15.9 Å². The molecule has 0 saturated carbocycles. The highest BCUT2D eigenvalue weighted by Crippen LogP contribution is 2.28. The fourth-order valence-corrected chi connectivity index (χ4v) is 2.40. The van der Waals surface area contributed by atoms with E-state index in [0.717, 1.165) is 36.0 Å². The van der Waals surface area contributed by atoms with Crippen LogP contribution in [0, 0.1) is 0 Å². The van der Waals surface area contributed by atoms with Gasteiger partial charge in [-0.25, -0.2) is 4.79 Å². The monoisotopic (exact) mass is 327 g/mol. The summed E-state index contributed by atoms with van der Waals surface area (Å²) in [5.74, 6) is -0.868. The molecule has 0 saturated heterocycles. The van der Waals surface area contributed by atoms with Crippen LogP contribution in [0.3, 0.4) is 0 Å². The van der Waals surface area contributed by atoms with Gasteiger partial charge in [0.1, 0.15) is 0 Å². The lowest BCUT2D eigenvalue weighted by Crippen LogP contribution is -2.34. The van der Waals surface area contributed by atoms with Crippen molar-refractivity contribution in [1.82, 2.24) is 0 Å². The molecule has 0 aliphatic heterocycles. The quantitative estimate of drug-likeness (QED) is 0.798. The van der Waals surface area contributed by atoms with E-state index in [0.29, 0.717) is 11.6 Å². The average molecular weight is 328 g/mol. The molecule has 4 heteroatoms. The third-order valence-corrected chi connectivity index (χ3v) is 3.87. The van der Waals surface area contributed by atoms with E-state index in [9.17, 15) is 9.90 Å². The van der Waals surface area contributed by atoms with Crippen molar-refractivity contribution in [2.45, 2.75) is 46.1 Å². The van der Waals surface area contributed by atoms with Crippen LogP contribution in [0.2, 0.25) is 0 Å². The van der Waals surface area contributed by atoms with Crippen LogP contribution < -0.4 is 4.90 Å². The zero-order valence-electron chi connectivity index (χ0n) is 11.8. The summed E-state index contributed by atoms with van der Waals surface area (Å²) in [5, 5.41) is 9.34. The smallest absolute Gasteiger partial charge is 0.337 e. The maximum Gasteiger partial charge on any atom is 0.337 e. The number of benzene rings is 1. The van der Waals surface area contributed by atoms with Crippen LogP contribution in [0.4, 0.5) is 5.69 Å². The molecule has 1 N–H and O–H groups in total. The summed E-state index contributed by atoms with van der Waals surface area (Å²) in [6.07, 6.45) is 3.16. The summed E-state index contributed by atoms with van der Waals surface area (Å²) >= 11 is 3.43. The van der Waals surface area contributed by atoms with Gasteiger partial charge in [-0.3, -0.25) is 0 Å². The molecule has 0 fully saturated rings. The van der Waals surface area contributed by atoms with E-state index < -0.39 is 5.97 Å². The molecule has 0 aromatic heterocycles. The summed E-state index contributed by atoms with van der Waals surface area (Å²) in [5.41, 5.74) is 1.18. The number of carbonyl (C=O) groups is 1. The molecule has 0 bridgehead atoms. The maximum atomic E-state index is 11.4. The van der Waals surface area contributed by atoms with Gasteiger partial charge in [-0.1, -0.05) is 36.2 Å². The van der Waals surface area contributed by atoms with E-state index in [1.807, 2.05) is 6.07 Å². The largest absolute Gasteiger partial charge is 0.478 e. The van der Waals surface area contributed by atoms with Crippen molar-refractivity contribution in [3.8, 4) is 0 Å². The van der Waals surface area contributed by atoms with Gasteiger partial charge in [-0.05, 0) is 38.0 Å². The normalized spacial score (nSPS) is 12.2. The van der Waals surface area contributed by atoms with Crippen LogP contribution in [0.25, 0.3) is 0 Å². The predicted octanol–water partition coefficient (Wildman–Crippen LogP) is 4.55.